The third kappa shape index (κ3) is 2.36. The Morgan fingerprint density at radius 3 is 2.92 bits per heavy atom. The van der Waals surface area contributed by atoms with Gasteiger partial charge in [-0.1, -0.05) is 6.07 Å². The molecule has 122 valence electrons. The number of H-pyrrole nitrogens is 1. The van der Waals surface area contributed by atoms with Crippen molar-refractivity contribution in [2.24, 2.45) is 0 Å². The van der Waals surface area contributed by atoms with Crippen LogP contribution in [-0.4, -0.2) is 36.1 Å². The molecule has 0 saturated carbocycles. The Bertz CT molecular complexity index is 932. The van der Waals surface area contributed by atoms with Gasteiger partial charge in [0.15, 0.2) is 11.5 Å². The molecule has 0 spiro atoms. The van der Waals surface area contributed by atoms with Gasteiger partial charge >= 0.3 is 0 Å². The lowest BCUT2D eigenvalue weighted by Gasteiger charge is -2.23. The van der Waals surface area contributed by atoms with E-state index in [9.17, 15) is 4.79 Å². The number of carbonyl (C=O) groups is 1. The molecule has 24 heavy (non-hydrogen) atoms. The molecule has 2 aromatic carbocycles. The number of hydrogen-bond acceptors (Lipinski definition) is 4. The Labute approximate surface area is 139 Å². The van der Waals surface area contributed by atoms with Crippen LogP contribution >= 0.6 is 0 Å². The Morgan fingerprint density at radius 1 is 1.21 bits per heavy atom. The fraction of sp³-hybridized carbons (Fsp3) is 0.222. The molecule has 6 nitrogen and oxygen atoms in total. The van der Waals surface area contributed by atoms with Crippen LogP contribution in [0, 0.1) is 6.92 Å². The van der Waals surface area contributed by atoms with E-state index in [0.29, 0.717) is 30.3 Å². The van der Waals surface area contributed by atoms with Gasteiger partial charge in [-0.25, -0.2) is 4.98 Å². The standard InChI is InChI=1S/C18H17N3O3/c1-11-19-14-7-6-12(10-15(14)20-11)21(2)18(22)13-4-3-5-16-17(13)24-9-8-23-16/h3-7,10H,8-9H2,1-2H3,(H,19,20). The van der Waals surface area contributed by atoms with Crippen LogP contribution in [0.4, 0.5) is 5.69 Å². The highest BCUT2D eigenvalue weighted by Crippen LogP contribution is 2.35. The van der Waals surface area contributed by atoms with E-state index < -0.39 is 0 Å². The zero-order chi connectivity index (χ0) is 16.7. The van der Waals surface area contributed by atoms with E-state index in [4.69, 9.17) is 9.47 Å². The van der Waals surface area contributed by atoms with Crippen molar-refractivity contribution < 1.29 is 14.3 Å². The quantitative estimate of drug-likeness (QED) is 0.787. The van der Waals surface area contributed by atoms with Gasteiger partial charge in [0, 0.05) is 12.7 Å². The number of aromatic amines is 1. The highest BCUT2D eigenvalue weighted by Gasteiger charge is 2.23. The molecular formula is C18H17N3O3. The minimum atomic E-state index is -0.145. The first-order chi connectivity index (χ1) is 11.6. The highest BCUT2D eigenvalue weighted by atomic mass is 16.6. The molecule has 0 saturated heterocycles. The van der Waals surface area contributed by atoms with Crippen molar-refractivity contribution in [3.8, 4) is 11.5 Å². The van der Waals surface area contributed by atoms with Gasteiger partial charge in [0.25, 0.3) is 5.91 Å². The SMILES string of the molecule is Cc1nc2ccc(N(C)C(=O)c3cccc4c3OCCO4)cc2[nH]1. The molecule has 6 heteroatoms. The molecule has 0 fully saturated rings. The number of carbonyl (C=O) groups excluding carboxylic acids is 1. The number of amides is 1. The van der Waals surface area contributed by atoms with Gasteiger partial charge in [-0.15, -0.1) is 0 Å². The number of hydrogen-bond donors (Lipinski definition) is 1. The van der Waals surface area contributed by atoms with Crippen LogP contribution in [0.5, 0.6) is 11.5 Å². The molecule has 3 aromatic rings. The van der Waals surface area contributed by atoms with Crippen LogP contribution in [0.15, 0.2) is 36.4 Å². The number of nitrogens with zero attached hydrogens (tertiary/aromatic N) is 2. The van der Waals surface area contributed by atoms with Crippen LogP contribution in [0.2, 0.25) is 0 Å². The van der Waals surface area contributed by atoms with Gasteiger partial charge < -0.3 is 19.4 Å². The van der Waals surface area contributed by atoms with Crippen molar-refractivity contribution in [3.63, 3.8) is 0 Å². The van der Waals surface area contributed by atoms with Crippen LogP contribution in [0.1, 0.15) is 16.2 Å². The van der Waals surface area contributed by atoms with Crippen LogP contribution in [0.3, 0.4) is 0 Å². The maximum atomic E-state index is 12.9. The predicted molar refractivity (Wildman–Crippen MR) is 91.0 cm³/mol. The van der Waals surface area contributed by atoms with E-state index in [1.165, 1.54) is 0 Å². The summed E-state index contributed by atoms with van der Waals surface area (Å²) < 4.78 is 11.2. The maximum absolute atomic E-state index is 12.9. The molecule has 0 bridgehead atoms. The van der Waals surface area contributed by atoms with E-state index in [-0.39, 0.29) is 5.91 Å². The molecule has 0 aliphatic carbocycles. The van der Waals surface area contributed by atoms with Gasteiger partial charge in [0.05, 0.1) is 16.6 Å². The molecule has 0 atom stereocenters. The van der Waals surface area contributed by atoms with Gasteiger partial charge in [-0.3, -0.25) is 4.79 Å². The zero-order valence-electron chi connectivity index (χ0n) is 13.5. The number of benzene rings is 2. The predicted octanol–water partition coefficient (Wildman–Crippen LogP) is 2.92. The Balaban J connectivity index is 1.70. The average molecular weight is 323 g/mol. The number of nitrogens with one attached hydrogen (secondary N) is 1. The lowest BCUT2D eigenvalue weighted by molar-refractivity contribution is 0.0982. The van der Waals surface area contributed by atoms with Gasteiger partial charge in [0.1, 0.15) is 19.0 Å². The summed E-state index contributed by atoms with van der Waals surface area (Å²) in [6.07, 6.45) is 0. The second kappa shape index (κ2) is 5.56. The summed E-state index contributed by atoms with van der Waals surface area (Å²) in [5, 5.41) is 0. The minimum Gasteiger partial charge on any atom is -0.486 e. The second-order valence-corrected chi connectivity index (χ2v) is 5.72. The van der Waals surface area contributed by atoms with Crippen molar-refractivity contribution in [2.45, 2.75) is 6.92 Å². The summed E-state index contributed by atoms with van der Waals surface area (Å²) in [6, 6.07) is 11.1. The Morgan fingerprint density at radius 2 is 2.04 bits per heavy atom. The molecule has 1 aliphatic heterocycles. The molecule has 0 radical (unpaired) electrons. The smallest absolute Gasteiger partial charge is 0.261 e. The normalized spacial score (nSPS) is 13.1. The minimum absolute atomic E-state index is 0.145. The largest absolute Gasteiger partial charge is 0.486 e. The molecule has 1 aliphatic rings. The first kappa shape index (κ1) is 14.6. The first-order valence-corrected chi connectivity index (χ1v) is 7.76. The molecular weight excluding hydrogens is 306 g/mol. The van der Waals surface area contributed by atoms with Crippen molar-refractivity contribution in [1.29, 1.82) is 0 Å². The van der Waals surface area contributed by atoms with E-state index in [0.717, 1.165) is 22.5 Å². The molecule has 1 aromatic heterocycles. The average Bonchev–Trinajstić information content (AvgIpc) is 2.99. The molecule has 1 N–H and O–H groups in total. The third-order valence-corrected chi connectivity index (χ3v) is 4.07. The van der Waals surface area contributed by atoms with E-state index in [1.807, 2.05) is 31.2 Å². The van der Waals surface area contributed by atoms with Gasteiger partial charge in [-0.2, -0.15) is 0 Å². The highest BCUT2D eigenvalue weighted by molar-refractivity contribution is 6.08. The first-order valence-electron chi connectivity index (χ1n) is 7.76. The number of rotatable bonds is 2. The zero-order valence-corrected chi connectivity index (χ0v) is 13.5. The van der Waals surface area contributed by atoms with Gasteiger partial charge in [0.2, 0.25) is 0 Å². The van der Waals surface area contributed by atoms with Gasteiger partial charge in [-0.05, 0) is 37.3 Å². The number of aromatic nitrogens is 2. The lowest BCUT2D eigenvalue weighted by atomic mass is 10.1. The van der Waals surface area contributed by atoms with E-state index >= 15 is 0 Å². The summed E-state index contributed by atoms with van der Waals surface area (Å²) in [5.74, 6) is 1.82. The van der Waals surface area contributed by atoms with E-state index in [2.05, 4.69) is 9.97 Å². The number of para-hydroxylation sites is 1. The number of fused-ring (bicyclic) bond motifs is 2. The van der Waals surface area contributed by atoms with Crippen LogP contribution in [0.25, 0.3) is 11.0 Å². The second-order valence-electron chi connectivity index (χ2n) is 5.72. The van der Waals surface area contributed by atoms with Crippen LogP contribution < -0.4 is 14.4 Å². The number of imidazole rings is 1. The number of aryl methyl sites for hydroxylation is 1. The molecule has 2 heterocycles. The van der Waals surface area contributed by atoms with Crippen molar-refractivity contribution >= 4 is 22.6 Å². The Kier molecular flexibility index (Phi) is 3.37. The maximum Gasteiger partial charge on any atom is 0.261 e. The summed E-state index contributed by atoms with van der Waals surface area (Å²) in [6.45, 7) is 2.85. The van der Waals surface area contributed by atoms with Crippen molar-refractivity contribution in [1.82, 2.24) is 9.97 Å². The van der Waals surface area contributed by atoms with Crippen LogP contribution in [-0.2, 0) is 0 Å². The monoisotopic (exact) mass is 323 g/mol. The molecule has 0 unspecified atom stereocenters. The fourth-order valence-corrected chi connectivity index (χ4v) is 2.87. The fourth-order valence-electron chi connectivity index (χ4n) is 2.87. The number of anilines is 1. The lowest BCUT2D eigenvalue weighted by Crippen LogP contribution is -2.28. The summed E-state index contributed by atoms with van der Waals surface area (Å²) in [4.78, 5) is 22.1. The molecule has 1 amide bonds. The topological polar surface area (TPSA) is 67.5 Å². The number of ether oxygens (including phenoxy) is 2. The summed E-state index contributed by atoms with van der Waals surface area (Å²) >= 11 is 0. The van der Waals surface area contributed by atoms with Crippen molar-refractivity contribution in [2.75, 3.05) is 25.2 Å². The summed E-state index contributed by atoms with van der Waals surface area (Å²) in [5.41, 5.74) is 3.06. The molecule has 4 rings (SSSR count). The third-order valence-electron chi connectivity index (χ3n) is 4.07. The van der Waals surface area contributed by atoms with E-state index in [1.54, 1.807) is 24.1 Å². The Hall–Kier alpha value is -3.02. The summed E-state index contributed by atoms with van der Waals surface area (Å²) in [7, 11) is 1.75. The van der Waals surface area contributed by atoms with Crippen molar-refractivity contribution in [3.05, 3.63) is 47.8 Å².